The molecule has 0 saturated carbocycles. The van der Waals surface area contributed by atoms with E-state index in [0.717, 1.165) is 35.0 Å². The van der Waals surface area contributed by atoms with Crippen molar-refractivity contribution in [2.24, 2.45) is 0 Å². The van der Waals surface area contributed by atoms with Crippen LogP contribution >= 0.6 is 0 Å². The van der Waals surface area contributed by atoms with Crippen LogP contribution < -0.4 is 4.31 Å². The van der Waals surface area contributed by atoms with Gasteiger partial charge >= 0.3 is 11.9 Å². The van der Waals surface area contributed by atoms with Gasteiger partial charge in [-0.25, -0.2) is 17.8 Å². The molecule has 1 aromatic heterocycles. The van der Waals surface area contributed by atoms with E-state index in [1.807, 2.05) is 6.92 Å². The van der Waals surface area contributed by atoms with Gasteiger partial charge in [-0.05, 0) is 76.6 Å². The summed E-state index contributed by atoms with van der Waals surface area (Å²) in [7, 11) is -4.25. The summed E-state index contributed by atoms with van der Waals surface area (Å²) >= 11 is 0. The minimum atomic E-state index is -4.25. The topological polar surface area (TPSA) is 108 Å². The van der Waals surface area contributed by atoms with E-state index in [1.54, 1.807) is 44.4 Å². The standard InChI is InChI=1S/C26H32FN3O6S/c1-6-8-23-28-21-15-19(11-14-22(21)29(23)16-25(32)36-26(3,4)5)30(17-24(31)35-7-2)37(33,34)20-12-9-18(27)10-13-20/h9-15H,6-8,16-17H2,1-5H3. The number of fused-ring (bicyclic) bond motifs is 1. The van der Waals surface area contributed by atoms with Crippen molar-refractivity contribution in [3.05, 3.63) is 54.1 Å². The highest BCUT2D eigenvalue weighted by Crippen LogP contribution is 2.28. The summed E-state index contributed by atoms with van der Waals surface area (Å²) < 4.78 is 53.5. The minimum Gasteiger partial charge on any atom is -0.465 e. The Bertz CT molecular complexity index is 1380. The minimum absolute atomic E-state index is 0.0527. The van der Waals surface area contributed by atoms with Crippen LogP contribution in [0.15, 0.2) is 47.4 Å². The maximum absolute atomic E-state index is 13.5. The van der Waals surface area contributed by atoms with Gasteiger partial charge < -0.3 is 14.0 Å². The second-order valence-electron chi connectivity index (χ2n) is 9.39. The third kappa shape index (κ3) is 6.85. The van der Waals surface area contributed by atoms with Crippen LogP contribution in [-0.2, 0) is 42.1 Å². The van der Waals surface area contributed by atoms with E-state index in [0.29, 0.717) is 23.3 Å². The SMILES string of the molecule is CCCc1nc2cc(N(CC(=O)OCC)S(=O)(=O)c3ccc(F)cc3)ccc2n1CC(=O)OC(C)(C)C. The Kier molecular flexibility index (Phi) is 8.57. The lowest BCUT2D eigenvalue weighted by Crippen LogP contribution is -2.36. The van der Waals surface area contributed by atoms with Crippen molar-refractivity contribution in [1.29, 1.82) is 0 Å². The molecule has 0 fully saturated rings. The Hall–Kier alpha value is -3.47. The van der Waals surface area contributed by atoms with Crippen molar-refractivity contribution in [2.45, 2.75) is 64.5 Å². The number of hydrogen-bond donors (Lipinski definition) is 0. The fourth-order valence-corrected chi connectivity index (χ4v) is 5.19. The second kappa shape index (κ2) is 11.3. The Morgan fingerprint density at radius 1 is 1.05 bits per heavy atom. The molecule has 0 bridgehead atoms. The number of ether oxygens (including phenoxy) is 2. The summed E-state index contributed by atoms with van der Waals surface area (Å²) in [6.45, 7) is 8.41. The molecule has 37 heavy (non-hydrogen) atoms. The maximum atomic E-state index is 13.5. The third-order valence-corrected chi connectivity index (χ3v) is 7.05. The number of imidazole rings is 1. The van der Waals surface area contributed by atoms with E-state index in [1.165, 1.54) is 6.07 Å². The monoisotopic (exact) mass is 533 g/mol. The molecule has 2 aromatic carbocycles. The number of nitrogens with zero attached hydrogens (tertiary/aromatic N) is 3. The lowest BCUT2D eigenvalue weighted by atomic mass is 10.2. The van der Waals surface area contributed by atoms with Crippen molar-refractivity contribution >= 4 is 38.7 Å². The van der Waals surface area contributed by atoms with Crippen LogP contribution in [0.2, 0.25) is 0 Å². The first-order valence-corrected chi connectivity index (χ1v) is 13.4. The van der Waals surface area contributed by atoms with Crippen LogP contribution in [0.1, 0.15) is 46.9 Å². The number of aryl methyl sites for hydroxylation is 1. The van der Waals surface area contributed by atoms with Crippen LogP contribution in [0.3, 0.4) is 0 Å². The normalized spacial score (nSPS) is 11.9. The largest absolute Gasteiger partial charge is 0.465 e. The highest BCUT2D eigenvalue weighted by molar-refractivity contribution is 7.92. The van der Waals surface area contributed by atoms with Crippen LogP contribution in [0.25, 0.3) is 11.0 Å². The Balaban J connectivity index is 2.08. The Morgan fingerprint density at radius 3 is 2.32 bits per heavy atom. The number of anilines is 1. The predicted octanol–water partition coefficient (Wildman–Crippen LogP) is 4.23. The van der Waals surface area contributed by atoms with Crippen molar-refractivity contribution in [2.75, 3.05) is 17.5 Å². The average molecular weight is 534 g/mol. The summed E-state index contributed by atoms with van der Waals surface area (Å²) in [6.07, 6.45) is 1.37. The molecule has 0 N–H and O–H groups in total. The third-order valence-electron chi connectivity index (χ3n) is 5.26. The molecule has 0 aliphatic carbocycles. The zero-order chi connectivity index (χ0) is 27.4. The number of esters is 2. The molecule has 0 spiro atoms. The zero-order valence-corrected chi connectivity index (χ0v) is 22.5. The van der Waals surface area contributed by atoms with Gasteiger partial charge in [0.1, 0.15) is 30.3 Å². The van der Waals surface area contributed by atoms with E-state index in [2.05, 4.69) is 4.98 Å². The van der Waals surface area contributed by atoms with E-state index in [4.69, 9.17) is 9.47 Å². The van der Waals surface area contributed by atoms with Crippen molar-refractivity contribution in [3.8, 4) is 0 Å². The van der Waals surface area contributed by atoms with Gasteiger partial charge in [0.15, 0.2) is 0 Å². The van der Waals surface area contributed by atoms with Gasteiger partial charge in [0.25, 0.3) is 10.0 Å². The molecule has 200 valence electrons. The highest BCUT2D eigenvalue weighted by atomic mass is 32.2. The average Bonchev–Trinajstić information content (AvgIpc) is 3.13. The van der Waals surface area contributed by atoms with Gasteiger partial charge in [-0.1, -0.05) is 6.92 Å². The molecule has 11 heteroatoms. The molecule has 0 amide bonds. The lowest BCUT2D eigenvalue weighted by Gasteiger charge is -2.23. The molecule has 0 saturated heterocycles. The van der Waals surface area contributed by atoms with E-state index >= 15 is 0 Å². The molecule has 3 rings (SSSR count). The van der Waals surface area contributed by atoms with Gasteiger partial charge in [0.05, 0.1) is 28.2 Å². The van der Waals surface area contributed by atoms with Crippen molar-refractivity contribution < 1.29 is 31.9 Å². The number of halogens is 1. The molecule has 0 radical (unpaired) electrons. The fraction of sp³-hybridized carbons (Fsp3) is 0.423. The molecular weight excluding hydrogens is 501 g/mol. The molecule has 0 aliphatic heterocycles. The van der Waals surface area contributed by atoms with Crippen LogP contribution in [0.5, 0.6) is 0 Å². The number of hydrogen-bond acceptors (Lipinski definition) is 7. The molecular formula is C26H32FN3O6S. The molecule has 0 atom stereocenters. The van der Waals surface area contributed by atoms with Crippen molar-refractivity contribution in [3.63, 3.8) is 0 Å². The van der Waals surface area contributed by atoms with E-state index in [-0.39, 0.29) is 23.7 Å². The quantitative estimate of drug-likeness (QED) is 0.359. The van der Waals surface area contributed by atoms with Crippen LogP contribution in [0.4, 0.5) is 10.1 Å². The van der Waals surface area contributed by atoms with Gasteiger partial charge in [0.2, 0.25) is 0 Å². The summed E-state index contributed by atoms with van der Waals surface area (Å²) in [6, 6.07) is 9.07. The molecule has 9 nitrogen and oxygen atoms in total. The Labute approximate surface area is 216 Å². The molecule has 3 aromatic rings. The smallest absolute Gasteiger partial charge is 0.326 e. The highest BCUT2D eigenvalue weighted by Gasteiger charge is 2.29. The number of sulfonamides is 1. The van der Waals surface area contributed by atoms with Crippen LogP contribution in [-0.4, -0.2) is 48.7 Å². The van der Waals surface area contributed by atoms with E-state index < -0.39 is 39.9 Å². The van der Waals surface area contributed by atoms with Crippen molar-refractivity contribution in [1.82, 2.24) is 9.55 Å². The summed E-state index contributed by atoms with van der Waals surface area (Å²) in [4.78, 5) is 29.4. The molecule has 1 heterocycles. The first-order valence-electron chi connectivity index (χ1n) is 12.0. The first-order chi connectivity index (χ1) is 17.4. The molecule has 0 unspecified atom stereocenters. The fourth-order valence-electron chi connectivity index (χ4n) is 3.79. The number of carbonyl (C=O) groups excluding carboxylic acids is 2. The number of aromatic nitrogens is 2. The lowest BCUT2D eigenvalue weighted by molar-refractivity contribution is -0.155. The second-order valence-corrected chi connectivity index (χ2v) is 11.3. The number of benzene rings is 2. The number of rotatable bonds is 10. The zero-order valence-electron chi connectivity index (χ0n) is 21.7. The van der Waals surface area contributed by atoms with Crippen LogP contribution in [0, 0.1) is 5.82 Å². The summed E-state index contributed by atoms with van der Waals surface area (Å²) in [5.41, 5.74) is 0.601. The van der Waals surface area contributed by atoms with Gasteiger partial charge in [-0.3, -0.25) is 13.9 Å². The molecule has 0 aliphatic rings. The van der Waals surface area contributed by atoms with Gasteiger partial charge in [-0.15, -0.1) is 0 Å². The predicted molar refractivity (Wildman–Crippen MR) is 137 cm³/mol. The maximum Gasteiger partial charge on any atom is 0.326 e. The van der Waals surface area contributed by atoms with Gasteiger partial charge in [-0.2, -0.15) is 0 Å². The first kappa shape index (κ1) is 28.1. The van der Waals surface area contributed by atoms with E-state index in [9.17, 15) is 22.4 Å². The summed E-state index contributed by atoms with van der Waals surface area (Å²) in [5, 5.41) is 0. The Morgan fingerprint density at radius 2 is 1.73 bits per heavy atom. The number of carbonyl (C=O) groups is 2. The van der Waals surface area contributed by atoms with Gasteiger partial charge in [0, 0.05) is 6.42 Å². The summed E-state index contributed by atoms with van der Waals surface area (Å²) in [5.74, 6) is -1.10.